The normalized spacial score (nSPS) is 11.5. The molecule has 0 amide bonds. The van der Waals surface area contributed by atoms with Crippen LogP contribution in [0.4, 0.5) is 5.82 Å². The standard InChI is InChI=1S/C21H20ClN9O/c1-11-12(8-23)5-4-6-14(11)20-25-18(17(22)19(24)26-20)15-10-31(30-28-15)9-13-7-16(29-27-13)21(2,3)32/h4-7,10,32H,9H2,1-3H3,(H,27,29)(H2,24,25,26). The van der Waals surface area contributed by atoms with Crippen molar-refractivity contribution >= 4 is 17.4 Å². The summed E-state index contributed by atoms with van der Waals surface area (Å²) in [6.45, 7) is 5.50. The van der Waals surface area contributed by atoms with Crippen LogP contribution in [0.15, 0.2) is 30.5 Å². The zero-order chi connectivity index (χ0) is 23.0. The number of nitrogen functional groups attached to an aromatic ring is 1. The Kier molecular flexibility index (Phi) is 5.38. The Morgan fingerprint density at radius 1 is 1.31 bits per heavy atom. The number of H-pyrrole nitrogens is 1. The summed E-state index contributed by atoms with van der Waals surface area (Å²) in [5.74, 6) is 0.445. The Balaban J connectivity index is 1.69. The van der Waals surface area contributed by atoms with Crippen LogP contribution in [-0.2, 0) is 12.1 Å². The first-order valence-electron chi connectivity index (χ1n) is 9.68. The molecule has 11 heteroatoms. The van der Waals surface area contributed by atoms with Crippen molar-refractivity contribution in [1.82, 2.24) is 35.2 Å². The second-order valence-corrected chi connectivity index (χ2v) is 8.20. The van der Waals surface area contributed by atoms with E-state index in [0.717, 1.165) is 11.3 Å². The van der Waals surface area contributed by atoms with Crippen LogP contribution in [0.1, 0.15) is 36.4 Å². The number of hydrogen-bond donors (Lipinski definition) is 3. The van der Waals surface area contributed by atoms with Crippen LogP contribution in [-0.4, -0.2) is 40.3 Å². The van der Waals surface area contributed by atoms with Gasteiger partial charge in [-0.2, -0.15) is 10.4 Å². The third-order valence-corrected chi connectivity index (χ3v) is 5.32. The maximum Gasteiger partial charge on any atom is 0.162 e. The average molecular weight is 450 g/mol. The molecule has 3 aromatic heterocycles. The lowest BCUT2D eigenvalue weighted by atomic mass is 10.0. The van der Waals surface area contributed by atoms with Crippen LogP contribution >= 0.6 is 11.6 Å². The van der Waals surface area contributed by atoms with Gasteiger partial charge in [-0.1, -0.05) is 28.9 Å². The molecule has 1 aromatic carbocycles. The van der Waals surface area contributed by atoms with Crippen molar-refractivity contribution in [3.63, 3.8) is 0 Å². The van der Waals surface area contributed by atoms with Gasteiger partial charge < -0.3 is 10.8 Å². The molecule has 4 rings (SSSR count). The fraction of sp³-hybridized carbons (Fsp3) is 0.238. The molecule has 10 nitrogen and oxygen atoms in total. The van der Waals surface area contributed by atoms with Crippen molar-refractivity contribution in [3.05, 3.63) is 58.0 Å². The highest BCUT2D eigenvalue weighted by Crippen LogP contribution is 2.32. The van der Waals surface area contributed by atoms with Crippen LogP contribution in [0.25, 0.3) is 22.8 Å². The summed E-state index contributed by atoms with van der Waals surface area (Å²) >= 11 is 6.39. The molecule has 0 spiro atoms. The minimum Gasteiger partial charge on any atom is -0.384 e. The highest BCUT2D eigenvalue weighted by Gasteiger charge is 2.21. The van der Waals surface area contributed by atoms with E-state index in [4.69, 9.17) is 17.3 Å². The van der Waals surface area contributed by atoms with Crippen molar-refractivity contribution in [3.8, 4) is 28.8 Å². The first-order chi connectivity index (χ1) is 15.2. The van der Waals surface area contributed by atoms with Gasteiger partial charge in [0.1, 0.15) is 27.8 Å². The van der Waals surface area contributed by atoms with Gasteiger partial charge in [0.25, 0.3) is 0 Å². The molecule has 0 saturated carbocycles. The number of aliphatic hydroxyl groups is 1. The molecule has 3 heterocycles. The maximum absolute atomic E-state index is 10.1. The lowest BCUT2D eigenvalue weighted by Crippen LogP contribution is -2.15. The summed E-state index contributed by atoms with van der Waals surface area (Å²) in [7, 11) is 0. The topological polar surface area (TPSA) is 155 Å². The molecule has 0 atom stereocenters. The quantitative estimate of drug-likeness (QED) is 0.420. The van der Waals surface area contributed by atoms with Gasteiger partial charge in [-0.05, 0) is 38.5 Å². The Bertz CT molecular complexity index is 1340. The molecule has 0 fully saturated rings. The number of hydrogen-bond acceptors (Lipinski definition) is 8. The molecule has 0 radical (unpaired) electrons. The molecular weight excluding hydrogens is 430 g/mol. The second kappa shape index (κ2) is 8.03. The number of halogens is 1. The number of nitrogens with one attached hydrogen (secondary N) is 1. The van der Waals surface area contributed by atoms with Gasteiger partial charge in [0, 0.05) is 5.56 Å². The summed E-state index contributed by atoms with van der Waals surface area (Å²) in [5.41, 5.74) is 8.98. The van der Waals surface area contributed by atoms with Crippen molar-refractivity contribution in [1.29, 1.82) is 5.26 Å². The molecule has 4 aromatic rings. The molecule has 162 valence electrons. The molecule has 0 aliphatic carbocycles. The lowest BCUT2D eigenvalue weighted by Gasteiger charge is -2.12. The van der Waals surface area contributed by atoms with E-state index in [1.807, 2.05) is 13.0 Å². The molecular formula is C21H20ClN9O. The van der Waals surface area contributed by atoms with E-state index in [1.54, 1.807) is 42.9 Å². The summed E-state index contributed by atoms with van der Waals surface area (Å²) in [6.07, 6.45) is 1.68. The minimum atomic E-state index is -1.05. The van der Waals surface area contributed by atoms with E-state index in [0.29, 0.717) is 40.6 Å². The van der Waals surface area contributed by atoms with E-state index < -0.39 is 5.60 Å². The number of aromatic nitrogens is 7. The zero-order valence-electron chi connectivity index (χ0n) is 17.6. The van der Waals surface area contributed by atoms with Crippen molar-refractivity contribution in [2.45, 2.75) is 32.9 Å². The Hall–Kier alpha value is -3.81. The van der Waals surface area contributed by atoms with Gasteiger partial charge in [0.15, 0.2) is 5.82 Å². The molecule has 32 heavy (non-hydrogen) atoms. The number of anilines is 1. The largest absolute Gasteiger partial charge is 0.384 e. The first kappa shape index (κ1) is 21.4. The Labute approximate surface area is 188 Å². The number of nitrogens with zero attached hydrogens (tertiary/aromatic N) is 7. The number of rotatable bonds is 5. The van der Waals surface area contributed by atoms with Crippen LogP contribution in [0.3, 0.4) is 0 Å². The number of benzene rings is 1. The van der Waals surface area contributed by atoms with E-state index >= 15 is 0 Å². The van der Waals surface area contributed by atoms with Gasteiger partial charge >= 0.3 is 0 Å². The summed E-state index contributed by atoms with van der Waals surface area (Å²) in [4.78, 5) is 8.86. The lowest BCUT2D eigenvalue weighted by molar-refractivity contribution is 0.0738. The van der Waals surface area contributed by atoms with Gasteiger partial charge in [-0.25, -0.2) is 14.6 Å². The maximum atomic E-state index is 10.1. The minimum absolute atomic E-state index is 0.103. The molecule has 0 bridgehead atoms. The van der Waals surface area contributed by atoms with Crippen LogP contribution in [0.5, 0.6) is 0 Å². The van der Waals surface area contributed by atoms with Crippen molar-refractivity contribution < 1.29 is 5.11 Å². The number of aromatic amines is 1. The third-order valence-electron chi connectivity index (χ3n) is 4.94. The summed E-state index contributed by atoms with van der Waals surface area (Å²) in [6, 6.07) is 9.22. The van der Waals surface area contributed by atoms with Crippen molar-refractivity contribution in [2.75, 3.05) is 5.73 Å². The SMILES string of the molecule is Cc1c(C#N)cccc1-c1nc(N)c(Cl)c(-c2cn(Cc3cc(C(C)(C)O)n[nH]3)nn2)n1. The molecule has 0 saturated heterocycles. The number of nitriles is 1. The second-order valence-electron chi connectivity index (χ2n) is 7.82. The molecule has 4 N–H and O–H groups in total. The Morgan fingerprint density at radius 3 is 2.78 bits per heavy atom. The zero-order valence-corrected chi connectivity index (χ0v) is 18.4. The highest BCUT2D eigenvalue weighted by molar-refractivity contribution is 6.35. The van der Waals surface area contributed by atoms with Gasteiger partial charge in [0.2, 0.25) is 0 Å². The molecule has 0 aliphatic rings. The van der Waals surface area contributed by atoms with E-state index in [2.05, 4.69) is 36.5 Å². The van der Waals surface area contributed by atoms with Crippen LogP contribution < -0.4 is 5.73 Å². The molecule has 0 aliphatic heterocycles. The fourth-order valence-corrected chi connectivity index (χ4v) is 3.35. The van der Waals surface area contributed by atoms with Crippen LogP contribution in [0, 0.1) is 18.3 Å². The van der Waals surface area contributed by atoms with E-state index in [9.17, 15) is 10.4 Å². The molecule has 0 unspecified atom stereocenters. The monoisotopic (exact) mass is 449 g/mol. The van der Waals surface area contributed by atoms with Crippen molar-refractivity contribution in [2.24, 2.45) is 0 Å². The smallest absolute Gasteiger partial charge is 0.162 e. The summed E-state index contributed by atoms with van der Waals surface area (Å²) in [5, 5.41) is 34.9. The fourth-order valence-electron chi connectivity index (χ4n) is 3.17. The number of nitrogens with two attached hydrogens (primary N) is 1. The predicted octanol–water partition coefficient (Wildman–Crippen LogP) is 2.82. The van der Waals surface area contributed by atoms with Gasteiger partial charge in [0.05, 0.1) is 35.8 Å². The first-order valence-corrected chi connectivity index (χ1v) is 10.1. The highest BCUT2D eigenvalue weighted by atomic mass is 35.5. The average Bonchev–Trinajstić information content (AvgIpc) is 3.40. The van der Waals surface area contributed by atoms with Crippen LogP contribution in [0.2, 0.25) is 5.02 Å². The van der Waals surface area contributed by atoms with Gasteiger partial charge in [-0.15, -0.1) is 5.10 Å². The Morgan fingerprint density at radius 2 is 2.09 bits per heavy atom. The van der Waals surface area contributed by atoms with E-state index in [-0.39, 0.29) is 10.8 Å². The predicted molar refractivity (Wildman–Crippen MR) is 118 cm³/mol. The summed E-state index contributed by atoms with van der Waals surface area (Å²) < 4.78 is 1.59. The van der Waals surface area contributed by atoms with E-state index in [1.165, 1.54) is 0 Å². The van der Waals surface area contributed by atoms with Gasteiger partial charge in [-0.3, -0.25) is 5.10 Å². The third kappa shape index (κ3) is 4.03.